The van der Waals surface area contributed by atoms with E-state index in [4.69, 9.17) is 24.1 Å². The molecule has 4 aromatic carbocycles. The standard InChI is InChI=1S/C48H52O10/c1-7-31-53-58-54-33-12-10-14-39-16-18-41(37(6)35(39)4)24-30-48(51)56-45-27-21-43(22-28-45)42-19-25-44(26-20-42)55-47(50)29-23-40-17-15-38(34(3)36(40)5)13-9-11-32-52-57-46(49)8-2/h7-8,15-30H,1-2,9-14,31-33H2,3-6H3/b29-23+,30-24+. The van der Waals surface area contributed by atoms with Gasteiger partial charge in [0.25, 0.3) is 0 Å². The van der Waals surface area contributed by atoms with Crippen LogP contribution in [0.25, 0.3) is 23.3 Å². The Kier molecular flexibility index (Phi) is 18.5. The van der Waals surface area contributed by atoms with Crippen molar-refractivity contribution in [3.05, 3.63) is 155 Å². The summed E-state index contributed by atoms with van der Waals surface area (Å²) in [7, 11) is 0. The molecule has 0 saturated carbocycles. The lowest BCUT2D eigenvalue weighted by atomic mass is 9.95. The smallest absolute Gasteiger partial charge is 0.365 e. The molecule has 0 N–H and O–H groups in total. The van der Waals surface area contributed by atoms with Crippen molar-refractivity contribution in [2.45, 2.75) is 66.2 Å². The Bertz CT molecular complexity index is 2060. The monoisotopic (exact) mass is 788 g/mol. The van der Waals surface area contributed by atoms with Crippen LogP contribution in [0.5, 0.6) is 11.5 Å². The molecule has 0 saturated heterocycles. The molecule has 304 valence electrons. The number of esters is 2. The van der Waals surface area contributed by atoms with E-state index in [-0.39, 0.29) is 6.61 Å². The molecular formula is C48H52O10. The maximum Gasteiger partial charge on any atom is 0.365 e. The first-order chi connectivity index (χ1) is 28.1. The first-order valence-electron chi connectivity index (χ1n) is 19.3. The van der Waals surface area contributed by atoms with E-state index in [1.54, 1.807) is 42.5 Å². The van der Waals surface area contributed by atoms with Gasteiger partial charge in [-0.1, -0.05) is 66.2 Å². The number of aryl methyl sites for hydroxylation is 2. The molecule has 0 radical (unpaired) electrons. The highest BCUT2D eigenvalue weighted by Gasteiger charge is 2.10. The molecule has 4 rings (SSSR count). The van der Waals surface area contributed by atoms with E-state index in [0.29, 0.717) is 24.7 Å². The normalized spacial score (nSPS) is 11.2. The third-order valence-corrected chi connectivity index (χ3v) is 9.60. The average molecular weight is 789 g/mol. The van der Waals surface area contributed by atoms with Crippen LogP contribution in [0.1, 0.15) is 70.2 Å². The fourth-order valence-electron chi connectivity index (χ4n) is 5.98. The van der Waals surface area contributed by atoms with Gasteiger partial charge >= 0.3 is 17.9 Å². The molecule has 0 aliphatic rings. The van der Waals surface area contributed by atoms with E-state index in [1.165, 1.54) is 28.8 Å². The number of unbranched alkanes of at least 4 members (excludes halogenated alkanes) is 2. The lowest BCUT2D eigenvalue weighted by Crippen LogP contribution is -2.04. The predicted molar refractivity (Wildman–Crippen MR) is 224 cm³/mol. The molecule has 0 unspecified atom stereocenters. The van der Waals surface area contributed by atoms with Gasteiger partial charge in [-0.2, -0.15) is 4.89 Å². The number of carbonyl (C=O) groups is 3. The van der Waals surface area contributed by atoms with Crippen LogP contribution in [0, 0.1) is 27.7 Å². The first-order valence-corrected chi connectivity index (χ1v) is 19.3. The number of hydrogen-bond donors (Lipinski definition) is 0. The summed E-state index contributed by atoms with van der Waals surface area (Å²) < 4.78 is 11.1. The summed E-state index contributed by atoms with van der Waals surface area (Å²) in [5.41, 5.74) is 10.7. The number of ether oxygens (including phenoxy) is 2. The van der Waals surface area contributed by atoms with Crippen LogP contribution in [-0.2, 0) is 51.8 Å². The molecule has 0 amide bonds. The molecule has 4 aromatic rings. The van der Waals surface area contributed by atoms with Crippen LogP contribution in [0.15, 0.2) is 110 Å². The zero-order chi connectivity index (χ0) is 41.7. The molecule has 0 aliphatic heterocycles. The van der Waals surface area contributed by atoms with Crippen LogP contribution in [-0.4, -0.2) is 37.7 Å². The summed E-state index contributed by atoms with van der Waals surface area (Å²) in [6.45, 7) is 16.1. The van der Waals surface area contributed by atoms with Crippen molar-refractivity contribution < 1.29 is 48.4 Å². The topological polar surface area (TPSA) is 116 Å². The molecule has 0 bridgehead atoms. The Morgan fingerprint density at radius 2 is 1.00 bits per heavy atom. The minimum Gasteiger partial charge on any atom is -0.423 e. The maximum atomic E-state index is 12.7. The second-order valence-electron chi connectivity index (χ2n) is 13.5. The molecule has 58 heavy (non-hydrogen) atoms. The summed E-state index contributed by atoms with van der Waals surface area (Å²) in [6, 6.07) is 22.6. The van der Waals surface area contributed by atoms with Crippen molar-refractivity contribution in [1.29, 1.82) is 0 Å². The highest BCUT2D eigenvalue weighted by molar-refractivity contribution is 5.90. The van der Waals surface area contributed by atoms with E-state index in [2.05, 4.69) is 49.1 Å². The van der Waals surface area contributed by atoms with Gasteiger partial charge in [-0.3, -0.25) is 4.89 Å². The fraction of sp³-hybridized carbons (Fsp3) is 0.271. The third kappa shape index (κ3) is 14.5. The molecule has 0 atom stereocenters. The lowest BCUT2D eigenvalue weighted by Gasteiger charge is -2.11. The summed E-state index contributed by atoms with van der Waals surface area (Å²) in [6.07, 6.45) is 14.1. The average Bonchev–Trinajstić information content (AvgIpc) is 3.23. The summed E-state index contributed by atoms with van der Waals surface area (Å²) in [5, 5.41) is 4.60. The Labute approximate surface area is 341 Å². The molecule has 0 fully saturated rings. The van der Waals surface area contributed by atoms with E-state index in [1.807, 2.05) is 50.2 Å². The van der Waals surface area contributed by atoms with Crippen LogP contribution in [0.2, 0.25) is 0 Å². The summed E-state index contributed by atoms with van der Waals surface area (Å²) in [4.78, 5) is 55.5. The number of hydrogen-bond acceptors (Lipinski definition) is 10. The molecule has 10 nitrogen and oxygen atoms in total. The molecule has 0 aromatic heterocycles. The van der Waals surface area contributed by atoms with Gasteiger partial charge in [-0.25, -0.2) is 24.2 Å². The zero-order valence-electron chi connectivity index (χ0n) is 33.8. The van der Waals surface area contributed by atoms with Gasteiger partial charge in [0.05, 0.1) is 13.2 Å². The summed E-state index contributed by atoms with van der Waals surface area (Å²) in [5.74, 6) is -0.715. The van der Waals surface area contributed by atoms with Gasteiger partial charge in [0.15, 0.2) is 0 Å². The maximum absolute atomic E-state index is 12.7. The lowest BCUT2D eigenvalue weighted by molar-refractivity contribution is -0.509. The molecule has 0 aliphatic carbocycles. The highest BCUT2D eigenvalue weighted by atomic mass is 17.5. The second kappa shape index (κ2) is 24.0. The van der Waals surface area contributed by atoms with E-state index >= 15 is 0 Å². The van der Waals surface area contributed by atoms with Crippen LogP contribution in [0.3, 0.4) is 0 Å². The van der Waals surface area contributed by atoms with Gasteiger partial charge in [-0.05, 0) is 158 Å². The van der Waals surface area contributed by atoms with Crippen LogP contribution in [0.4, 0.5) is 0 Å². The molecule has 10 heteroatoms. The first kappa shape index (κ1) is 44.8. The third-order valence-electron chi connectivity index (χ3n) is 9.60. The van der Waals surface area contributed by atoms with Crippen molar-refractivity contribution >= 4 is 30.1 Å². The SMILES string of the molecule is C=CCOOOCCCCc1ccc(/C=C/C(=O)Oc2ccc(-c3ccc(OC(=O)/C=C/c4ccc(CCCCOOC(=O)C=C)c(C)c4C)cc3)cc2)c(C)c1C. The van der Waals surface area contributed by atoms with Crippen molar-refractivity contribution in [1.82, 2.24) is 0 Å². The van der Waals surface area contributed by atoms with E-state index in [0.717, 1.165) is 83.5 Å². The Morgan fingerprint density at radius 3 is 1.45 bits per heavy atom. The molecular weight excluding hydrogens is 737 g/mol. The Hall–Kier alpha value is -5.91. The second-order valence-corrected chi connectivity index (χ2v) is 13.5. The zero-order valence-corrected chi connectivity index (χ0v) is 33.8. The van der Waals surface area contributed by atoms with E-state index < -0.39 is 17.9 Å². The predicted octanol–water partition coefficient (Wildman–Crippen LogP) is 10.2. The molecule has 0 heterocycles. The number of rotatable bonds is 23. The Balaban J connectivity index is 1.21. The quantitative estimate of drug-likeness (QED) is 0.0137. The van der Waals surface area contributed by atoms with Gasteiger partial charge in [0.1, 0.15) is 18.1 Å². The van der Waals surface area contributed by atoms with E-state index in [9.17, 15) is 14.4 Å². The number of benzene rings is 4. The number of carbonyl (C=O) groups excluding carboxylic acids is 3. The largest absolute Gasteiger partial charge is 0.423 e. The van der Waals surface area contributed by atoms with Crippen molar-refractivity contribution in [3.8, 4) is 22.6 Å². The minimum atomic E-state index is -0.610. The van der Waals surface area contributed by atoms with Crippen molar-refractivity contribution in [3.63, 3.8) is 0 Å². The highest BCUT2D eigenvalue weighted by Crippen LogP contribution is 2.26. The molecule has 0 spiro atoms. The van der Waals surface area contributed by atoms with Crippen LogP contribution >= 0.6 is 0 Å². The van der Waals surface area contributed by atoms with Gasteiger partial charge in [0.2, 0.25) is 0 Å². The summed E-state index contributed by atoms with van der Waals surface area (Å²) >= 11 is 0. The minimum absolute atomic E-state index is 0.268. The van der Waals surface area contributed by atoms with Crippen molar-refractivity contribution in [2.24, 2.45) is 0 Å². The van der Waals surface area contributed by atoms with Gasteiger partial charge in [-0.15, -0.1) is 6.58 Å². The van der Waals surface area contributed by atoms with Gasteiger partial charge in [0, 0.05) is 18.2 Å². The Morgan fingerprint density at radius 1 is 0.534 bits per heavy atom. The fourth-order valence-corrected chi connectivity index (χ4v) is 5.98. The van der Waals surface area contributed by atoms with Crippen LogP contribution < -0.4 is 9.47 Å². The van der Waals surface area contributed by atoms with Crippen molar-refractivity contribution in [2.75, 3.05) is 19.8 Å². The van der Waals surface area contributed by atoms with Gasteiger partial charge < -0.3 is 9.47 Å².